The van der Waals surface area contributed by atoms with Crippen molar-refractivity contribution >= 4 is 5.91 Å². The lowest BCUT2D eigenvalue weighted by Gasteiger charge is -2.31. The first-order chi connectivity index (χ1) is 11.4. The maximum Gasteiger partial charge on any atom is 0.325 e. The van der Waals surface area contributed by atoms with Gasteiger partial charge in [-0.05, 0) is 19.8 Å². The van der Waals surface area contributed by atoms with Crippen LogP contribution in [0.3, 0.4) is 0 Å². The van der Waals surface area contributed by atoms with E-state index in [-0.39, 0.29) is 23.8 Å². The second kappa shape index (κ2) is 6.42. The van der Waals surface area contributed by atoms with E-state index in [2.05, 4.69) is 20.1 Å². The lowest BCUT2D eigenvalue weighted by molar-refractivity contribution is -0.131. The Bertz CT molecular complexity index is 865. The number of hydrogen-bond acceptors (Lipinski definition) is 6. The highest BCUT2D eigenvalue weighted by Crippen LogP contribution is 2.25. The van der Waals surface area contributed by atoms with Crippen LogP contribution < -0.4 is 11.2 Å². The molecule has 3 rings (SSSR count). The molecule has 2 N–H and O–H groups in total. The molecule has 1 atom stereocenters. The van der Waals surface area contributed by atoms with Gasteiger partial charge in [-0.15, -0.1) is 0 Å². The summed E-state index contributed by atoms with van der Waals surface area (Å²) in [5.74, 6) is 1.00. The summed E-state index contributed by atoms with van der Waals surface area (Å²) < 4.78 is 5.01. The number of carbonyl (C=O) groups is 1. The highest BCUT2D eigenvalue weighted by atomic mass is 16.5. The molecule has 1 unspecified atom stereocenters. The molecule has 3 heterocycles. The third-order valence-corrected chi connectivity index (χ3v) is 4.27. The summed E-state index contributed by atoms with van der Waals surface area (Å²) in [7, 11) is 0. The van der Waals surface area contributed by atoms with Gasteiger partial charge in [0.1, 0.15) is 0 Å². The quantitative estimate of drug-likeness (QED) is 0.815. The number of aromatic nitrogens is 4. The number of amides is 1. The minimum absolute atomic E-state index is 0.0371. The predicted molar refractivity (Wildman–Crippen MR) is 83.7 cm³/mol. The summed E-state index contributed by atoms with van der Waals surface area (Å²) in [4.78, 5) is 46.3. The van der Waals surface area contributed by atoms with Crippen LogP contribution in [0.5, 0.6) is 0 Å². The van der Waals surface area contributed by atoms with Crippen molar-refractivity contribution in [2.24, 2.45) is 0 Å². The molecule has 1 saturated heterocycles. The van der Waals surface area contributed by atoms with E-state index < -0.39 is 11.2 Å². The number of H-pyrrole nitrogens is 2. The van der Waals surface area contributed by atoms with Crippen LogP contribution in [0.15, 0.2) is 14.1 Å². The molecule has 9 heteroatoms. The molecule has 24 heavy (non-hydrogen) atoms. The van der Waals surface area contributed by atoms with Crippen molar-refractivity contribution in [3.63, 3.8) is 0 Å². The second-order valence-corrected chi connectivity index (χ2v) is 6.04. The molecule has 0 bridgehead atoms. The van der Waals surface area contributed by atoms with Crippen molar-refractivity contribution in [2.45, 2.75) is 39.0 Å². The van der Waals surface area contributed by atoms with E-state index in [1.54, 1.807) is 18.7 Å². The highest BCUT2D eigenvalue weighted by Gasteiger charge is 2.28. The maximum atomic E-state index is 12.6. The van der Waals surface area contributed by atoms with Crippen molar-refractivity contribution in [3.05, 3.63) is 43.8 Å². The molecule has 2 aromatic rings. The molecule has 1 fully saturated rings. The van der Waals surface area contributed by atoms with Crippen molar-refractivity contribution in [1.29, 1.82) is 0 Å². The summed E-state index contributed by atoms with van der Waals surface area (Å²) >= 11 is 0. The molecule has 0 saturated carbocycles. The Kier molecular flexibility index (Phi) is 4.32. The van der Waals surface area contributed by atoms with E-state index >= 15 is 0 Å². The second-order valence-electron chi connectivity index (χ2n) is 6.04. The minimum Gasteiger partial charge on any atom is -0.342 e. The monoisotopic (exact) mass is 333 g/mol. The van der Waals surface area contributed by atoms with Gasteiger partial charge in [-0.25, -0.2) is 4.79 Å². The first kappa shape index (κ1) is 16.2. The molecular formula is C15H19N5O4. The number of piperidine rings is 1. The Hall–Kier alpha value is -2.71. The van der Waals surface area contributed by atoms with E-state index in [0.29, 0.717) is 30.5 Å². The van der Waals surface area contributed by atoms with Crippen molar-refractivity contribution in [3.8, 4) is 0 Å². The van der Waals surface area contributed by atoms with Crippen LogP contribution >= 0.6 is 0 Å². The maximum absolute atomic E-state index is 12.6. The number of carbonyl (C=O) groups excluding carboxylic acids is 1. The Balaban J connectivity index is 1.73. The molecule has 0 aromatic carbocycles. The number of nitrogens with zero attached hydrogens (tertiary/aromatic N) is 3. The minimum atomic E-state index is -0.570. The molecule has 1 amide bonds. The standard InChI is InChI=1S/C15H19N5O4/c1-8-11(14(22)18-15(23)16-8)6-12(21)20-5-3-4-10(7-20)13-17-9(2)24-19-13/h10H,3-7H2,1-2H3,(H2,16,18,22,23). The van der Waals surface area contributed by atoms with E-state index in [4.69, 9.17) is 4.52 Å². The van der Waals surface area contributed by atoms with Crippen LogP contribution in [-0.2, 0) is 11.2 Å². The summed E-state index contributed by atoms with van der Waals surface area (Å²) in [6.45, 7) is 4.47. The fourth-order valence-electron chi connectivity index (χ4n) is 3.00. The molecule has 128 valence electrons. The Morgan fingerprint density at radius 2 is 2.12 bits per heavy atom. The number of nitrogens with one attached hydrogen (secondary N) is 2. The van der Waals surface area contributed by atoms with Crippen molar-refractivity contribution in [1.82, 2.24) is 25.0 Å². The lowest BCUT2D eigenvalue weighted by Crippen LogP contribution is -2.41. The van der Waals surface area contributed by atoms with Gasteiger partial charge in [-0.3, -0.25) is 14.6 Å². The van der Waals surface area contributed by atoms with Gasteiger partial charge in [0.05, 0.1) is 6.42 Å². The third kappa shape index (κ3) is 3.29. The zero-order valence-corrected chi connectivity index (χ0v) is 13.6. The van der Waals surface area contributed by atoms with Gasteiger partial charge in [0.15, 0.2) is 5.82 Å². The Morgan fingerprint density at radius 3 is 2.79 bits per heavy atom. The highest BCUT2D eigenvalue weighted by molar-refractivity contribution is 5.79. The average Bonchev–Trinajstić information content (AvgIpc) is 2.97. The van der Waals surface area contributed by atoms with Crippen LogP contribution in [0.4, 0.5) is 0 Å². The zero-order valence-electron chi connectivity index (χ0n) is 13.6. The lowest BCUT2D eigenvalue weighted by atomic mass is 9.96. The number of hydrogen-bond donors (Lipinski definition) is 2. The first-order valence-electron chi connectivity index (χ1n) is 7.84. The van der Waals surface area contributed by atoms with E-state index in [1.165, 1.54) is 0 Å². The van der Waals surface area contributed by atoms with Crippen LogP contribution in [-0.4, -0.2) is 44.0 Å². The SMILES string of the molecule is Cc1nc(C2CCCN(C(=O)Cc3c(C)[nH]c(=O)[nH]c3=O)C2)no1. The summed E-state index contributed by atoms with van der Waals surface area (Å²) in [6, 6.07) is 0. The number of aryl methyl sites for hydroxylation is 2. The normalized spacial score (nSPS) is 17.9. The number of rotatable bonds is 3. The largest absolute Gasteiger partial charge is 0.342 e. The van der Waals surface area contributed by atoms with Gasteiger partial charge in [0, 0.05) is 37.2 Å². The molecule has 0 spiro atoms. The summed E-state index contributed by atoms with van der Waals surface area (Å²) in [6.07, 6.45) is 1.68. The van der Waals surface area contributed by atoms with Crippen LogP contribution in [0.1, 0.15) is 41.7 Å². The molecule has 9 nitrogen and oxygen atoms in total. The topological polar surface area (TPSA) is 125 Å². The average molecular weight is 333 g/mol. The molecule has 1 aliphatic heterocycles. The number of aromatic amines is 2. The van der Waals surface area contributed by atoms with Gasteiger partial charge < -0.3 is 14.4 Å². The summed E-state index contributed by atoms with van der Waals surface area (Å²) in [5, 5.41) is 3.94. The predicted octanol–water partition coefficient (Wildman–Crippen LogP) is 0.0117. The molecule has 0 radical (unpaired) electrons. The zero-order chi connectivity index (χ0) is 17.3. The molecule has 0 aliphatic carbocycles. The Morgan fingerprint density at radius 1 is 1.33 bits per heavy atom. The van der Waals surface area contributed by atoms with Crippen LogP contribution in [0.2, 0.25) is 0 Å². The number of likely N-dealkylation sites (tertiary alicyclic amines) is 1. The first-order valence-corrected chi connectivity index (χ1v) is 7.84. The van der Waals surface area contributed by atoms with Gasteiger partial charge >= 0.3 is 5.69 Å². The van der Waals surface area contributed by atoms with Gasteiger partial charge in [-0.2, -0.15) is 4.98 Å². The van der Waals surface area contributed by atoms with E-state index in [0.717, 1.165) is 12.8 Å². The van der Waals surface area contributed by atoms with Crippen LogP contribution in [0.25, 0.3) is 0 Å². The smallest absolute Gasteiger partial charge is 0.325 e. The Labute approximate surface area is 137 Å². The van der Waals surface area contributed by atoms with Gasteiger partial charge in [-0.1, -0.05) is 5.16 Å². The van der Waals surface area contributed by atoms with E-state index in [9.17, 15) is 14.4 Å². The molecule has 2 aromatic heterocycles. The third-order valence-electron chi connectivity index (χ3n) is 4.27. The van der Waals surface area contributed by atoms with Crippen molar-refractivity contribution < 1.29 is 9.32 Å². The van der Waals surface area contributed by atoms with E-state index in [1.807, 2.05) is 0 Å². The fourth-order valence-corrected chi connectivity index (χ4v) is 3.00. The molecular weight excluding hydrogens is 314 g/mol. The van der Waals surface area contributed by atoms with Crippen LogP contribution in [0, 0.1) is 13.8 Å². The fraction of sp³-hybridized carbons (Fsp3) is 0.533. The summed E-state index contributed by atoms with van der Waals surface area (Å²) in [5.41, 5.74) is -0.386. The van der Waals surface area contributed by atoms with Crippen molar-refractivity contribution in [2.75, 3.05) is 13.1 Å². The van der Waals surface area contributed by atoms with Gasteiger partial charge in [0.2, 0.25) is 11.8 Å². The molecule has 1 aliphatic rings. The van der Waals surface area contributed by atoms with Gasteiger partial charge in [0.25, 0.3) is 5.56 Å².